The second kappa shape index (κ2) is 10.6. The highest BCUT2D eigenvalue weighted by Crippen LogP contribution is 2.19. The van der Waals surface area contributed by atoms with Crippen LogP contribution in [-0.4, -0.2) is 63.0 Å². The Hall–Kier alpha value is -2.58. The van der Waals surface area contributed by atoms with Gasteiger partial charge in [0, 0.05) is 56.7 Å². The molecule has 0 aliphatic carbocycles. The van der Waals surface area contributed by atoms with E-state index in [1.54, 1.807) is 11.8 Å². The van der Waals surface area contributed by atoms with Gasteiger partial charge in [0.1, 0.15) is 11.6 Å². The minimum absolute atomic E-state index is 0.746. The van der Waals surface area contributed by atoms with Gasteiger partial charge < -0.3 is 9.80 Å². The minimum Gasteiger partial charge on any atom is -0.338 e. The van der Waals surface area contributed by atoms with Crippen molar-refractivity contribution in [3.8, 4) is 0 Å². The fraction of sp³-hybridized carbons (Fsp3) is 0.435. The molecule has 1 fully saturated rings. The lowest BCUT2D eigenvalue weighted by atomic mass is 10.2. The predicted molar refractivity (Wildman–Crippen MR) is 124 cm³/mol. The van der Waals surface area contributed by atoms with Crippen LogP contribution in [0.5, 0.6) is 0 Å². The number of piperazine rings is 1. The minimum atomic E-state index is 0.746. The van der Waals surface area contributed by atoms with Crippen molar-refractivity contribution in [2.75, 3.05) is 38.1 Å². The van der Waals surface area contributed by atoms with Gasteiger partial charge in [-0.1, -0.05) is 49.0 Å². The molecule has 3 aromatic rings. The van der Waals surface area contributed by atoms with Crippen LogP contribution in [0.15, 0.2) is 47.8 Å². The van der Waals surface area contributed by atoms with E-state index in [4.69, 9.17) is 9.97 Å². The maximum atomic E-state index is 4.78. The number of hydrogen-bond acceptors (Lipinski definition) is 8. The van der Waals surface area contributed by atoms with Crippen LogP contribution in [0.4, 0.5) is 5.95 Å². The summed E-state index contributed by atoms with van der Waals surface area (Å²) >= 11 is 1.66. The summed E-state index contributed by atoms with van der Waals surface area (Å²) in [7, 11) is 2.15. The molecule has 0 amide bonds. The molecule has 0 radical (unpaired) electrons. The van der Waals surface area contributed by atoms with Gasteiger partial charge in [-0.2, -0.15) is 9.97 Å². The largest absolute Gasteiger partial charge is 0.338 e. The van der Waals surface area contributed by atoms with Crippen LogP contribution in [-0.2, 0) is 25.0 Å². The number of likely N-dealkylation sites (N-methyl/N-ethyl adjacent to an activating group) is 1. The van der Waals surface area contributed by atoms with Crippen molar-refractivity contribution in [2.24, 2.45) is 0 Å². The summed E-state index contributed by atoms with van der Waals surface area (Å²) in [5.74, 6) is 3.39. The SMILES string of the molecule is CCc1nc(CCc2ccnc(SCc3ccccc3)n2)nc(N2CCN(C)CC2)n1. The molecule has 1 aliphatic rings. The Bertz CT molecular complexity index is 975. The third-order valence-electron chi connectivity index (χ3n) is 5.33. The number of aromatic nitrogens is 5. The van der Waals surface area contributed by atoms with E-state index in [2.05, 4.69) is 63.0 Å². The monoisotopic (exact) mass is 435 g/mol. The van der Waals surface area contributed by atoms with Crippen molar-refractivity contribution in [1.82, 2.24) is 29.8 Å². The molecular weight excluding hydrogens is 406 g/mol. The van der Waals surface area contributed by atoms with Crippen LogP contribution in [0.2, 0.25) is 0 Å². The number of anilines is 1. The Morgan fingerprint density at radius 2 is 1.65 bits per heavy atom. The number of thioether (sulfide) groups is 1. The van der Waals surface area contributed by atoms with Crippen LogP contribution in [0, 0.1) is 0 Å². The standard InChI is InChI=1S/C23H29N7S/c1-3-20-26-21(28-22(27-20)30-15-13-29(2)14-16-30)10-9-19-11-12-24-23(25-19)31-17-18-7-5-4-6-8-18/h4-8,11-12H,3,9-10,13-17H2,1-2H3. The second-order valence-corrected chi connectivity index (χ2v) is 8.66. The fourth-order valence-corrected chi connectivity index (χ4v) is 4.22. The molecule has 0 spiro atoms. The third-order valence-corrected chi connectivity index (χ3v) is 6.26. The molecule has 4 rings (SSSR count). The third kappa shape index (κ3) is 6.21. The number of rotatable bonds is 8. The van der Waals surface area contributed by atoms with E-state index in [1.807, 2.05) is 18.3 Å². The average Bonchev–Trinajstić information content (AvgIpc) is 2.82. The van der Waals surface area contributed by atoms with Crippen molar-refractivity contribution in [1.29, 1.82) is 0 Å². The number of aryl methyl sites for hydroxylation is 3. The van der Waals surface area contributed by atoms with Gasteiger partial charge in [-0.3, -0.25) is 0 Å². The van der Waals surface area contributed by atoms with Gasteiger partial charge in [-0.05, 0) is 25.1 Å². The van der Waals surface area contributed by atoms with Crippen molar-refractivity contribution in [2.45, 2.75) is 37.1 Å². The summed E-state index contributed by atoms with van der Waals surface area (Å²) in [6.07, 6.45) is 4.19. The highest BCUT2D eigenvalue weighted by Gasteiger charge is 2.18. The van der Waals surface area contributed by atoms with Crippen LogP contribution in [0.25, 0.3) is 0 Å². The molecule has 2 aromatic heterocycles. The molecule has 1 aliphatic heterocycles. The Balaban J connectivity index is 1.40. The van der Waals surface area contributed by atoms with Crippen molar-refractivity contribution >= 4 is 17.7 Å². The van der Waals surface area contributed by atoms with Crippen LogP contribution in [0.1, 0.15) is 29.8 Å². The molecule has 8 heteroatoms. The van der Waals surface area contributed by atoms with E-state index in [9.17, 15) is 0 Å². The fourth-order valence-electron chi connectivity index (χ4n) is 3.42. The topological polar surface area (TPSA) is 70.9 Å². The lowest BCUT2D eigenvalue weighted by Gasteiger charge is -2.32. The number of benzene rings is 1. The first-order valence-corrected chi connectivity index (χ1v) is 11.8. The molecule has 0 atom stereocenters. The van der Waals surface area contributed by atoms with Gasteiger partial charge in [0.2, 0.25) is 5.95 Å². The van der Waals surface area contributed by atoms with Gasteiger partial charge in [0.15, 0.2) is 5.16 Å². The van der Waals surface area contributed by atoms with Gasteiger partial charge >= 0.3 is 0 Å². The highest BCUT2D eigenvalue weighted by atomic mass is 32.2. The molecule has 1 aromatic carbocycles. The summed E-state index contributed by atoms with van der Waals surface area (Å²) in [5.41, 5.74) is 2.29. The van der Waals surface area contributed by atoms with Gasteiger partial charge in [-0.15, -0.1) is 0 Å². The van der Waals surface area contributed by atoms with E-state index in [1.165, 1.54) is 5.56 Å². The first kappa shape index (κ1) is 21.6. The van der Waals surface area contributed by atoms with Gasteiger partial charge in [0.05, 0.1) is 0 Å². The Morgan fingerprint density at radius 3 is 2.42 bits per heavy atom. The van der Waals surface area contributed by atoms with E-state index >= 15 is 0 Å². The zero-order chi connectivity index (χ0) is 21.5. The molecule has 3 heterocycles. The average molecular weight is 436 g/mol. The maximum Gasteiger partial charge on any atom is 0.228 e. The molecule has 31 heavy (non-hydrogen) atoms. The Labute approximate surface area is 188 Å². The predicted octanol–water partition coefficient (Wildman–Crippen LogP) is 3.05. The quantitative estimate of drug-likeness (QED) is 0.395. The van der Waals surface area contributed by atoms with Crippen molar-refractivity contribution in [3.05, 3.63) is 65.5 Å². The molecule has 1 saturated heterocycles. The lowest BCUT2D eigenvalue weighted by molar-refractivity contribution is 0.311. The molecular formula is C23H29N7S. The molecule has 7 nitrogen and oxygen atoms in total. The molecule has 0 unspecified atom stereocenters. The first-order valence-electron chi connectivity index (χ1n) is 10.9. The lowest BCUT2D eigenvalue weighted by Crippen LogP contribution is -2.45. The normalized spacial score (nSPS) is 14.7. The number of hydrogen-bond donors (Lipinski definition) is 0. The van der Waals surface area contributed by atoms with Gasteiger partial charge in [0.25, 0.3) is 0 Å². The molecule has 162 valence electrons. The summed E-state index contributed by atoms with van der Waals surface area (Å²) in [6, 6.07) is 12.4. The summed E-state index contributed by atoms with van der Waals surface area (Å²) in [4.78, 5) is 27.9. The van der Waals surface area contributed by atoms with Crippen molar-refractivity contribution < 1.29 is 0 Å². The van der Waals surface area contributed by atoms with E-state index < -0.39 is 0 Å². The summed E-state index contributed by atoms with van der Waals surface area (Å²) in [5, 5.41) is 0.810. The van der Waals surface area contributed by atoms with Gasteiger partial charge in [-0.25, -0.2) is 15.0 Å². The molecule has 0 N–H and O–H groups in total. The number of nitrogens with zero attached hydrogens (tertiary/aromatic N) is 7. The van der Waals surface area contributed by atoms with Crippen LogP contribution in [0.3, 0.4) is 0 Å². The first-order chi connectivity index (χ1) is 15.2. The van der Waals surface area contributed by atoms with Crippen LogP contribution >= 0.6 is 11.8 Å². The highest BCUT2D eigenvalue weighted by molar-refractivity contribution is 7.98. The van der Waals surface area contributed by atoms with E-state index in [0.717, 1.165) is 79.6 Å². The Morgan fingerprint density at radius 1 is 0.871 bits per heavy atom. The zero-order valence-corrected chi connectivity index (χ0v) is 19.1. The molecule has 0 saturated carbocycles. The zero-order valence-electron chi connectivity index (χ0n) is 18.2. The van der Waals surface area contributed by atoms with E-state index in [0.29, 0.717) is 0 Å². The molecule has 0 bridgehead atoms. The summed E-state index contributed by atoms with van der Waals surface area (Å²) in [6.45, 7) is 6.07. The Kier molecular flexibility index (Phi) is 7.43. The smallest absolute Gasteiger partial charge is 0.228 e. The second-order valence-electron chi connectivity index (χ2n) is 7.72. The van der Waals surface area contributed by atoms with E-state index in [-0.39, 0.29) is 0 Å². The van der Waals surface area contributed by atoms with Crippen LogP contribution < -0.4 is 4.90 Å². The van der Waals surface area contributed by atoms with Crippen molar-refractivity contribution in [3.63, 3.8) is 0 Å². The maximum absolute atomic E-state index is 4.78. The summed E-state index contributed by atoms with van der Waals surface area (Å²) < 4.78 is 0.